The summed E-state index contributed by atoms with van der Waals surface area (Å²) < 4.78 is 0. The molecule has 0 atom stereocenters. The second-order valence-corrected chi connectivity index (χ2v) is 17.3. The van der Waals surface area contributed by atoms with E-state index in [4.69, 9.17) is 9.97 Å². The summed E-state index contributed by atoms with van der Waals surface area (Å²) in [5.74, 6) is 0.704. The molecule has 0 bridgehead atoms. The zero-order valence-corrected chi connectivity index (χ0v) is 34.7. The Bertz CT molecular complexity index is 3330. The molecular formula is C60H42N2. The number of rotatable bonds is 6. The van der Waals surface area contributed by atoms with Gasteiger partial charge in [0, 0.05) is 22.1 Å². The van der Waals surface area contributed by atoms with E-state index in [0.717, 1.165) is 33.5 Å². The Hall–Kier alpha value is -7.68. The van der Waals surface area contributed by atoms with Crippen molar-refractivity contribution in [2.24, 2.45) is 0 Å². The van der Waals surface area contributed by atoms with E-state index in [0.29, 0.717) is 5.82 Å². The molecule has 0 fully saturated rings. The average molecular weight is 791 g/mol. The smallest absolute Gasteiger partial charge is 0.160 e. The van der Waals surface area contributed by atoms with Crippen molar-refractivity contribution >= 4 is 10.8 Å². The molecule has 62 heavy (non-hydrogen) atoms. The summed E-state index contributed by atoms with van der Waals surface area (Å²) in [6.07, 6.45) is 0. The van der Waals surface area contributed by atoms with Crippen LogP contribution in [0, 0.1) is 0 Å². The van der Waals surface area contributed by atoms with E-state index in [1.54, 1.807) is 0 Å². The second-order valence-electron chi connectivity index (χ2n) is 17.3. The molecular weight excluding hydrogens is 749 g/mol. The van der Waals surface area contributed by atoms with Gasteiger partial charge in [-0.25, -0.2) is 9.97 Å². The molecule has 12 rings (SSSR count). The summed E-state index contributed by atoms with van der Waals surface area (Å²) in [4.78, 5) is 10.7. The fourth-order valence-corrected chi connectivity index (χ4v) is 10.7. The largest absolute Gasteiger partial charge is 0.228 e. The second kappa shape index (κ2) is 13.9. The third-order valence-corrected chi connectivity index (χ3v) is 13.6. The predicted octanol–water partition coefficient (Wildman–Crippen LogP) is 15.0. The van der Waals surface area contributed by atoms with E-state index in [9.17, 15) is 0 Å². The van der Waals surface area contributed by atoms with Gasteiger partial charge in [-0.05, 0) is 95.7 Å². The molecule has 0 N–H and O–H groups in total. The van der Waals surface area contributed by atoms with E-state index in [1.807, 2.05) is 6.07 Å². The molecule has 0 amide bonds. The molecule has 0 saturated carbocycles. The molecule has 2 aliphatic rings. The van der Waals surface area contributed by atoms with Gasteiger partial charge in [0.1, 0.15) is 0 Å². The Balaban J connectivity index is 1.03. The van der Waals surface area contributed by atoms with Crippen LogP contribution in [0.1, 0.15) is 47.2 Å². The van der Waals surface area contributed by atoms with Crippen molar-refractivity contribution in [3.63, 3.8) is 0 Å². The van der Waals surface area contributed by atoms with Crippen LogP contribution in [-0.2, 0) is 10.8 Å². The Morgan fingerprint density at radius 1 is 0.306 bits per heavy atom. The zero-order chi connectivity index (χ0) is 41.4. The molecule has 1 aromatic heterocycles. The molecule has 1 heterocycles. The van der Waals surface area contributed by atoms with Gasteiger partial charge in [0.2, 0.25) is 0 Å². The van der Waals surface area contributed by atoms with Gasteiger partial charge in [-0.3, -0.25) is 0 Å². The van der Waals surface area contributed by atoms with E-state index in [1.165, 1.54) is 72.1 Å². The highest BCUT2D eigenvalue weighted by Gasteiger charge is 2.46. The highest BCUT2D eigenvalue weighted by Crippen LogP contribution is 2.57. The summed E-state index contributed by atoms with van der Waals surface area (Å²) in [6, 6.07) is 79.6. The minimum atomic E-state index is -0.460. The van der Waals surface area contributed by atoms with E-state index in [2.05, 4.69) is 226 Å². The summed E-state index contributed by atoms with van der Waals surface area (Å²) in [5.41, 5.74) is 19.8. The number of hydrogen-bond donors (Lipinski definition) is 0. The van der Waals surface area contributed by atoms with E-state index < -0.39 is 5.41 Å². The monoisotopic (exact) mass is 790 g/mol. The van der Waals surface area contributed by atoms with Crippen LogP contribution in [0.3, 0.4) is 0 Å². The fraction of sp³-hybridized carbons (Fsp3) is 0.0667. The molecule has 2 aliphatic carbocycles. The number of hydrogen-bond acceptors (Lipinski definition) is 2. The van der Waals surface area contributed by atoms with Gasteiger partial charge in [-0.15, -0.1) is 0 Å². The minimum absolute atomic E-state index is 0.0763. The van der Waals surface area contributed by atoms with Crippen LogP contribution in [-0.4, -0.2) is 9.97 Å². The van der Waals surface area contributed by atoms with E-state index in [-0.39, 0.29) is 5.41 Å². The van der Waals surface area contributed by atoms with Crippen molar-refractivity contribution < 1.29 is 0 Å². The first-order valence-electron chi connectivity index (χ1n) is 21.6. The van der Waals surface area contributed by atoms with Gasteiger partial charge in [0.05, 0.1) is 16.8 Å². The first-order chi connectivity index (χ1) is 30.5. The third kappa shape index (κ3) is 5.36. The molecule has 292 valence electrons. The van der Waals surface area contributed by atoms with Crippen LogP contribution >= 0.6 is 0 Å². The van der Waals surface area contributed by atoms with E-state index >= 15 is 0 Å². The molecule has 0 unspecified atom stereocenters. The minimum Gasteiger partial charge on any atom is -0.228 e. The SMILES string of the molecule is CC1(C)c2ccccc2-c2ccc(-c3ccc(-c4cc(-c5ccc6c(c5)-c5ccccc5C6(c5ccccc5)c5ccccc5)nc(-c5ccccc5)n4)c4ccccc34)cc21. The highest BCUT2D eigenvalue weighted by atomic mass is 14.9. The average Bonchev–Trinajstić information content (AvgIpc) is 3.77. The van der Waals surface area contributed by atoms with Gasteiger partial charge in [-0.2, -0.15) is 0 Å². The normalized spacial score (nSPS) is 13.9. The maximum Gasteiger partial charge on any atom is 0.160 e. The molecule has 10 aromatic rings. The lowest BCUT2D eigenvalue weighted by molar-refractivity contribution is 0.660. The summed E-state index contributed by atoms with van der Waals surface area (Å²) in [7, 11) is 0. The van der Waals surface area contributed by atoms with Crippen molar-refractivity contribution in [2.75, 3.05) is 0 Å². The summed E-state index contributed by atoms with van der Waals surface area (Å²) in [5, 5.41) is 2.36. The summed E-state index contributed by atoms with van der Waals surface area (Å²) >= 11 is 0. The number of fused-ring (bicyclic) bond motifs is 7. The highest BCUT2D eigenvalue weighted by molar-refractivity contribution is 6.05. The van der Waals surface area contributed by atoms with Gasteiger partial charge in [-0.1, -0.05) is 214 Å². The molecule has 2 heteroatoms. The standard InChI is InChI=1S/C60H42N2/c1-59(2)52-28-16-14-26-47(52)49-32-30-40(37-55(49)59)44-33-34-50(46-25-13-12-24-45(44)46)57-38-56(61-58(62-57)39-18-6-3-7-19-39)41-31-35-54-51(36-41)48-27-15-17-29-53(48)60(54,42-20-8-4-9-21-42)43-22-10-5-11-23-43/h3-38H,1-2H3. The first kappa shape index (κ1) is 36.2. The molecule has 0 saturated heterocycles. The van der Waals surface area contributed by atoms with Gasteiger partial charge in [0.15, 0.2) is 5.82 Å². The molecule has 9 aromatic carbocycles. The third-order valence-electron chi connectivity index (χ3n) is 13.6. The van der Waals surface area contributed by atoms with Gasteiger partial charge < -0.3 is 0 Å². The van der Waals surface area contributed by atoms with Crippen molar-refractivity contribution in [2.45, 2.75) is 24.7 Å². The van der Waals surface area contributed by atoms with Crippen LogP contribution in [0.4, 0.5) is 0 Å². The quantitative estimate of drug-likeness (QED) is 0.168. The van der Waals surface area contributed by atoms with Crippen LogP contribution in [0.5, 0.6) is 0 Å². The first-order valence-corrected chi connectivity index (χ1v) is 21.6. The molecule has 2 nitrogen and oxygen atoms in total. The van der Waals surface area contributed by atoms with Crippen molar-refractivity contribution in [3.05, 3.63) is 252 Å². The Kier molecular flexibility index (Phi) is 8.14. The zero-order valence-electron chi connectivity index (χ0n) is 34.7. The fourth-order valence-electron chi connectivity index (χ4n) is 10.7. The molecule has 0 aliphatic heterocycles. The lowest BCUT2D eigenvalue weighted by atomic mass is 9.67. The Morgan fingerprint density at radius 3 is 1.52 bits per heavy atom. The summed E-state index contributed by atoms with van der Waals surface area (Å²) in [6.45, 7) is 4.70. The molecule has 0 radical (unpaired) electrons. The Labute approximate surface area is 362 Å². The van der Waals surface area contributed by atoms with Crippen LogP contribution in [0.2, 0.25) is 0 Å². The van der Waals surface area contributed by atoms with Crippen LogP contribution < -0.4 is 0 Å². The van der Waals surface area contributed by atoms with Gasteiger partial charge in [0.25, 0.3) is 0 Å². The topological polar surface area (TPSA) is 25.8 Å². The Morgan fingerprint density at radius 2 is 0.806 bits per heavy atom. The lowest BCUT2D eigenvalue weighted by Gasteiger charge is -2.33. The van der Waals surface area contributed by atoms with Crippen molar-refractivity contribution in [1.29, 1.82) is 0 Å². The molecule has 0 spiro atoms. The lowest BCUT2D eigenvalue weighted by Crippen LogP contribution is -2.28. The van der Waals surface area contributed by atoms with Crippen molar-refractivity contribution in [3.8, 4) is 67.3 Å². The number of nitrogens with zero attached hydrogens (tertiary/aromatic N) is 2. The predicted molar refractivity (Wildman–Crippen MR) is 256 cm³/mol. The number of aromatic nitrogens is 2. The maximum atomic E-state index is 5.34. The van der Waals surface area contributed by atoms with Crippen LogP contribution in [0.25, 0.3) is 78.1 Å². The van der Waals surface area contributed by atoms with Crippen molar-refractivity contribution in [1.82, 2.24) is 9.97 Å². The van der Waals surface area contributed by atoms with Gasteiger partial charge >= 0.3 is 0 Å². The number of benzene rings is 9. The van der Waals surface area contributed by atoms with Crippen LogP contribution in [0.15, 0.2) is 218 Å². The maximum absolute atomic E-state index is 5.34.